The molecule has 0 radical (unpaired) electrons. The van der Waals surface area contributed by atoms with Crippen molar-refractivity contribution in [2.75, 3.05) is 10.8 Å². The second kappa shape index (κ2) is 13.8. The number of amides is 2. The van der Waals surface area contributed by atoms with Crippen LogP contribution in [-0.4, -0.2) is 43.8 Å². The second-order valence-corrected chi connectivity index (χ2v) is 12.4. The number of rotatable bonds is 12. The smallest absolute Gasteiger partial charge is 0.264 e. The van der Waals surface area contributed by atoms with E-state index in [4.69, 9.17) is 11.6 Å². The van der Waals surface area contributed by atoms with Crippen LogP contribution in [0.5, 0.6) is 0 Å². The van der Waals surface area contributed by atoms with E-state index in [1.165, 1.54) is 29.2 Å². The van der Waals surface area contributed by atoms with Crippen LogP contribution in [0.1, 0.15) is 50.3 Å². The number of carbonyl (C=O) groups excluding carboxylic acids is 2. The number of anilines is 1. The molecule has 0 unspecified atom stereocenters. The zero-order valence-corrected chi connectivity index (χ0v) is 25.3. The molecule has 9 heteroatoms. The molecular weight excluding hydrogens is 546 g/mol. The topological polar surface area (TPSA) is 86.8 Å². The highest BCUT2D eigenvalue weighted by atomic mass is 35.5. The number of aryl methyl sites for hydroxylation is 2. The highest BCUT2D eigenvalue weighted by molar-refractivity contribution is 7.92. The van der Waals surface area contributed by atoms with Crippen LogP contribution in [0.2, 0.25) is 5.02 Å². The van der Waals surface area contributed by atoms with E-state index >= 15 is 0 Å². The average molecular weight is 584 g/mol. The van der Waals surface area contributed by atoms with Crippen LogP contribution in [0.3, 0.4) is 0 Å². The fourth-order valence-electron chi connectivity index (χ4n) is 4.41. The van der Waals surface area contributed by atoms with Crippen molar-refractivity contribution < 1.29 is 18.0 Å². The molecule has 3 rings (SSSR count). The first-order chi connectivity index (χ1) is 19.0. The van der Waals surface area contributed by atoms with Crippen LogP contribution in [0.25, 0.3) is 0 Å². The van der Waals surface area contributed by atoms with Gasteiger partial charge in [0.15, 0.2) is 0 Å². The molecule has 214 valence electrons. The van der Waals surface area contributed by atoms with E-state index in [-0.39, 0.29) is 23.4 Å². The fourth-order valence-corrected chi connectivity index (χ4v) is 5.95. The molecule has 0 saturated carbocycles. The molecule has 0 bridgehead atoms. The number of halogens is 1. The summed E-state index contributed by atoms with van der Waals surface area (Å²) < 4.78 is 28.9. The van der Waals surface area contributed by atoms with Gasteiger partial charge in [0.2, 0.25) is 11.8 Å². The molecule has 40 heavy (non-hydrogen) atoms. The lowest BCUT2D eigenvalue weighted by molar-refractivity contribution is -0.140. The van der Waals surface area contributed by atoms with Gasteiger partial charge in [-0.1, -0.05) is 67.4 Å². The summed E-state index contributed by atoms with van der Waals surface area (Å²) >= 11 is 6.01. The molecule has 0 aromatic heterocycles. The van der Waals surface area contributed by atoms with Crippen LogP contribution in [-0.2, 0) is 26.2 Å². The van der Waals surface area contributed by atoms with Crippen LogP contribution in [0, 0.1) is 13.8 Å². The van der Waals surface area contributed by atoms with Crippen molar-refractivity contribution >= 4 is 39.1 Å². The van der Waals surface area contributed by atoms with Crippen molar-refractivity contribution in [1.82, 2.24) is 10.2 Å². The van der Waals surface area contributed by atoms with E-state index in [2.05, 4.69) is 5.32 Å². The number of nitrogens with one attached hydrogen (secondary N) is 1. The lowest BCUT2D eigenvalue weighted by atomic mass is 10.1. The Morgan fingerprint density at radius 1 is 0.900 bits per heavy atom. The number of hydrogen-bond acceptors (Lipinski definition) is 4. The lowest BCUT2D eigenvalue weighted by Gasteiger charge is -2.34. The van der Waals surface area contributed by atoms with Gasteiger partial charge in [0, 0.05) is 17.6 Å². The molecule has 7 nitrogen and oxygen atoms in total. The lowest BCUT2D eigenvalue weighted by Crippen LogP contribution is -2.53. The second-order valence-electron chi connectivity index (χ2n) is 10.1. The molecule has 0 heterocycles. The van der Waals surface area contributed by atoms with Crippen molar-refractivity contribution in [2.24, 2.45) is 0 Å². The molecule has 2 atom stereocenters. The minimum absolute atomic E-state index is 0.0120. The SMILES string of the molecule is CC[C@@H](C)NC(=O)[C@H](CC)N(Cc1cccc(C)c1)C(=O)CN(c1cccc(C)c1)S(=O)(=O)c1ccc(Cl)cc1. The summed E-state index contributed by atoms with van der Waals surface area (Å²) in [5.41, 5.74) is 3.08. The quantitative estimate of drug-likeness (QED) is 0.289. The largest absolute Gasteiger partial charge is 0.352 e. The molecule has 0 aliphatic rings. The van der Waals surface area contributed by atoms with E-state index < -0.39 is 28.5 Å². The van der Waals surface area contributed by atoms with Crippen LogP contribution >= 0.6 is 11.6 Å². The van der Waals surface area contributed by atoms with Crippen molar-refractivity contribution in [3.05, 3.63) is 94.5 Å². The zero-order chi connectivity index (χ0) is 29.4. The standard InChI is InChI=1S/C31H38ClN3O4S/c1-6-24(5)33-31(37)29(7-2)34(20-25-12-8-10-22(3)18-25)30(36)21-35(27-13-9-11-23(4)19-27)40(38,39)28-16-14-26(32)15-17-28/h8-19,24,29H,6-7,20-21H2,1-5H3,(H,33,37)/t24-,29+/m1/s1. The molecule has 3 aromatic rings. The van der Waals surface area contributed by atoms with E-state index in [0.29, 0.717) is 17.1 Å². The molecule has 2 amide bonds. The number of nitrogens with zero attached hydrogens (tertiary/aromatic N) is 2. The number of hydrogen-bond donors (Lipinski definition) is 1. The van der Waals surface area contributed by atoms with Gasteiger partial charge in [0.05, 0.1) is 10.6 Å². The van der Waals surface area contributed by atoms with Crippen molar-refractivity contribution in [1.29, 1.82) is 0 Å². The summed E-state index contributed by atoms with van der Waals surface area (Å²) in [6.07, 6.45) is 1.11. The van der Waals surface area contributed by atoms with Gasteiger partial charge in [0.25, 0.3) is 10.0 Å². The summed E-state index contributed by atoms with van der Waals surface area (Å²) in [5, 5.41) is 3.39. The predicted molar refractivity (Wildman–Crippen MR) is 161 cm³/mol. The molecule has 0 fully saturated rings. The fraction of sp³-hybridized carbons (Fsp3) is 0.355. The highest BCUT2D eigenvalue weighted by Crippen LogP contribution is 2.26. The maximum atomic E-state index is 14.1. The normalized spacial score (nSPS) is 12.8. The first-order valence-corrected chi connectivity index (χ1v) is 15.3. The minimum Gasteiger partial charge on any atom is -0.352 e. The van der Waals surface area contributed by atoms with Crippen molar-refractivity contribution in [2.45, 2.75) is 71.0 Å². The van der Waals surface area contributed by atoms with Gasteiger partial charge < -0.3 is 10.2 Å². The third kappa shape index (κ3) is 7.86. The third-order valence-electron chi connectivity index (χ3n) is 6.79. The van der Waals surface area contributed by atoms with Gasteiger partial charge in [-0.3, -0.25) is 13.9 Å². The summed E-state index contributed by atoms with van der Waals surface area (Å²) in [6, 6.07) is 19.7. The Labute approximate surface area is 243 Å². The Morgan fingerprint density at radius 2 is 1.52 bits per heavy atom. The summed E-state index contributed by atoms with van der Waals surface area (Å²) in [5.74, 6) is -0.743. The Balaban J connectivity index is 2.06. The van der Waals surface area contributed by atoms with Gasteiger partial charge >= 0.3 is 0 Å². The van der Waals surface area contributed by atoms with Gasteiger partial charge in [-0.15, -0.1) is 0 Å². The first-order valence-electron chi connectivity index (χ1n) is 13.5. The highest BCUT2D eigenvalue weighted by Gasteiger charge is 2.34. The number of sulfonamides is 1. The van der Waals surface area contributed by atoms with Crippen molar-refractivity contribution in [3.8, 4) is 0 Å². The summed E-state index contributed by atoms with van der Waals surface area (Å²) in [4.78, 5) is 29.0. The maximum Gasteiger partial charge on any atom is 0.264 e. The molecule has 3 aromatic carbocycles. The van der Waals surface area contributed by atoms with Gasteiger partial charge in [0.1, 0.15) is 12.6 Å². The van der Waals surface area contributed by atoms with E-state index in [9.17, 15) is 18.0 Å². The van der Waals surface area contributed by atoms with Crippen LogP contribution in [0.15, 0.2) is 77.7 Å². The Kier molecular flexibility index (Phi) is 10.8. The zero-order valence-electron chi connectivity index (χ0n) is 23.7. The Morgan fingerprint density at radius 3 is 2.10 bits per heavy atom. The van der Waals surface area contributed by atoms with Crippen LogP contribution in [0.4, 0.5) is 5.69 Å². The number of carbonyl (C=O) groups is 2. The van der Waals surface area contributed by atoms with E-state index in [1.807, 2.05) is 65.0 Å². The van der Waals surface area contributed by atoms with Gasteiger partial charge in [-0.05, 0) is 81.1 Å². The first kappa shape index (κ1) is 31.2. The summed E-state index contributed by atoms with van der Waals surface area (Å²) in [7, 11) is -4.14. The molecular formula is C31H38ClN3O4S. The minimum atomic E-state index is -4.14. The maximum absolute atomic E-state index is 14.1. The molecule has 0 aliphatic carbocycles. The monoisotopic (exact) mass is 583 g/mol. The Hall–Kier alpha value is -3.36. The molecule has 0 aliphatic heterocycles. The Bertz CT molecular complexity index is 1430. The van der Waals surface area contributed by atoms with E-state index in [1.54, 1.807) is 18.2 Å². The van der Waals surface area contributed by atoms with Gasteiger partial charge in [-0.25, -0.2) is 8.42 Å². The predicted octanol–water partition coefficient (Wildman–Crippen LogP) is 5.87. The molecule has 1 N–H and O–H groups in total. The van der Waals surface area contributed by atoms with Crippen LogP contribution < -0.4 is 9.62 Å². The third-order valence-corrected chi connectivity index (χ3v) is 8.83. The molecule has 0 spiro atoms. The number of benzene rings is 3. The molecule has 0 saturated heterocycles. The van der Waals surface area contributed by atoms with Gasteiger partial charge in [-0.2, -0.15) is 0 Å². The average Bonchev–Trinajstić information content (AvgIpc) is 2.91. The van der Waals surface area contributed by atoms with E-state index in [0.717, 1.165) is 27.4 Å². The summed E-state index contributed by atoms with van der Waals surface area (Å²) in [6.45, 7) is 9.23. The van der Waals surface area contributed by atoms with Crippen molar-refractivity contribution in [3.63, 3.8) is 0 Å².